The maximum atomic E-state index is 13.3. The first kappa shape index (κ1) is 13.2. The molecule has 0 saturated carbocycles. The minimum Gasteiger partial charge on any atom is -0.488 e. The zero-order valence-corrected chi connectivity index (χ0v) is 9.08. The van der Waals surface area contributed by atoms with E-state index >= 15 is 0 Å². The molecule has 0 radical (unpaired) electrons. The number of aromatic carboxylic acids is 1. The van der Waals surface area contributed by atoms with Crippen LogP contribution < -0.4 is 4.74 Å². The maximum Gasteiger partial charge on any atom is 0.335 e. The van der Waals surface area contributed by atoms with Crippen molar-refractivity contribution < 1.29 is 23.4 Å². The van der Waals surface area contributed by atoms with Gasteiger partial charge in [0.15, 0.2) is 17.4 Å². The number of rotatable bonds is 6. The van der Waals surface area contributed by atoms with E-state index in [2.05, 4.69) is 6.58 Å². The van der Waals surface area contributed by atoms with Gasteiger partial charge in [0, 0.05) is 0 Å². The topological polar surface area (TPSA) is 46.5 Å². The Labute approximate surface area is 97.3 Å². The molecule has 0 saturated heterocycles. The molecule has 0 atom stereocenters. The first-order valence-electron chi connectivity index (χ1n) is 5.02. The normalized spacial score (nSPS) is 10.0. The van der Waals surface area contributed by atoms with E-state index in [4.69, 9.17) is 9.84 Å². The van der Waals surface area contributed by atoms with Crippen molar-refractivity contribution in [2.45, 2.75) is 12.8 Å². The van der Waals surface area contributed by atoms with Crippen LogP contribution in [-0.2, 0) is 0 Å². The Morgan fingerprint density at radius 2 is 2.00 bits per heavy atom. The van der Waals surface area contributed by atoms with Gasteiger partial charge in [0.25, 0.3) is 0 Å². The summed E-state index contributed by atoms with van der Waals surface area (Å²) in [5.41, 5.74) is -0.446. The van der Waals surface area contributed by atoms with E-state index in [1.807, 2.05) is 0 Å². The molecule has 0 aliphatic heterocycles. The summed E-state index contributed by atoms with van der Waals surface area (Å²) < 4.78 is 31.6. The Kier molecular flexibility index (Phi) is 4.63. The Hall–Kier alpha value is -1.91. The second-order valence-corrected chi connectivity index (χ2v) is 3.35. The van der Waals surface area contributed by atoms with Gasteiger partial charge in [-0.05, 0) is 25.0 Å². The summed E-state index contributed by atoms with van der Waals surface area (Å²) in [6.07, 6.45) is 2.93. The molecule has 0 bridgehead atoms. The lowest BCUT2D eigenvalue weighted by Crippen LogP contribution is -2.04. The highest BCUT2D eigenvalue weighted by Crippen LogP contribution is 2.23. The second kappa shape index (κ2) is 5.98. The minimum absolute atomic E-state index is 0.145. The van der Waals surface area contributed by atoms with Gasteiger partial charge < -0.3 is 9.84 Å². The number of halogens is 2. The Morgan fingerprint density at radius 1 is 1.41 bits per heavy atom. The third-order valence-electron chi connectivity index (χ3n) is 2.04. The van der Waals surface area contributed by atoms with Crippen LogP contribution in [0, 0.1) is 11.6 Å². The van der Waals surface area contributed by atoms with Crippen molar-refractivity contribution in [3.05, 3.63) is 42.0 Å². The molecule has 1 aromatic rings. The van der Waals surface area contributed by atoms with Crippen LogP contribution in [0.2, 0.25) is 0 Å². The molecule has 92 valence electrons. The number of carbonyl (C=O) groups is 1. The molecule has 0 fully saturated rings. The smallest absolute Gasteiger partial charge is 0.335 e. The predicted octanol–water partition coefficient (Wildman–Crippen LogP) is 3.01. The fraction of sp³-hybridized carbons (Fsp3) is 0.250. The number of unbranched alkanes of at least 4 members (excludes halogenated alkanes) is 1. The number of hydrogen-bond acceptors (Lipinski definition) is 2. The molecule has 0 aliphatic rings. The standard InChI is InChI=1S/C12H12F2O3/c1-2-3-4-5-17-11-9(13)6-8(12(15)16)7-10(11)14/h2,6-7H,1,3-5H2,(H,15,16). The molecule has 5 heteroatoms. The van der Waals surface area contributed by atoms with Gasteiger partial charge in [-0.1, -0.05) is 6.08 Å². The van der Waals surface area contributed by atoms with E-state index in [1.54, 1.807) is 6.08 Å². The van der Waals surface area contributed by atoms with Gasteiger partial charge in [-0.3, -0.25) is 0 Å². The summed E-state index contributed by atoms with van der Waals surface area (Å²) in [6, 6.07) is 1.46. The molecule has 3 nitrogen and oxygen atoms in total. The van der Waals surface area contributed by atoms with Crippen molar-refractivity contribution >= 4 is 5.97 Å². The van der Waals surface area contributed by atoms with Gasteiger partial charge in [0.1, 0.15) is 0 Å². The predicted molar refractivity (Wildman–Crippen MR) is 58.2 cm³/mol. The van der Waals surface area contributed by atoms with E-state index in [-0.39, 0.29) is 6.61 Å². The molecule has 0 amide bonds. The summed E-state index contributed by atoms with van der Waals surface area (Å²) in [6.45, 7) is 3.65. The van der Waals surface area contributed by atoms with Gasteiger partial charge >= 0.3 is 5.97 Å². The van der Waals surface area contributed by atoms with Crippen molar-refractivity contribution in [3.63, 3.8) is 0 Å². The second-order valence-electron chi connectivity index (χ2n) is 3.35. The highest BCUT2D eigenvalue weighted by molar-refractivity contribution is 5.87. The highest BCUT2D eigenvalue weighted by atomic mass is 19.1. The first-order chi connectivity index (χ1) is 8.06. The van der Waals surface area contributed by atoms with Crippen molar-refractivity contribution in [1.29, 1.82) is 0 Å². The van der Waals surface area contributed by atoms with Crippen LogP contribution in [0.1, 0.15) is 23.2 Å². The maximum absolute atomic E-state index is 13.3. The van der Waals surface area contributed by atoms with Crippen LogP contribution in [0.4, 0.5) is 8.78 Å². The van der Waals surface area contributed by atoms with Gasteiger partial charge in [-0.25, -0.2) is 13.6 Å². The fourth-order valence-corrected chi connectivity index (χ4v) is 1.22. The molecule has 0 heterocycles. The van der Waals surface area contributed by atoms with E-state index in [0.29, 0.717) is 12.8 Å². The molecular weight excluding hydrogens is 230 g/mol. The SMILES string of the molecule is C=CCCCOc1c(F)cc(C(=O)O)cc1F. The van der Waals surface area contributed by atoms with Gasteiger partial charge in [-0.2, -0.15) is 0 Å². The van der Waals surface area contributed by atoms with E-state index in [0.717, 1.165) is 12.1 Å². The number of carboxylic acid groups (broad SMARTS) is 1. The lowest BCUT2D eigenvalue weighted by molar-refractivity contribution is 0.0695. The van der Waals surface area contributed by atoms with Gasteiger partial charge in [0.05, 0.1) is 12.2 Å². The minimum atomic E-state index is -1.39. The summed E-state index contributed by atoms with van der Waals surface area (Å²) in [5.74, 6) is -3.96. The monoisotopic (exact) mass is 242 g/mol. The number of benzene rings is 1. The fourth-order valence-electron chi connectivity index (χ4n) is 1.22. The lowest BCUT2D eigenvalue weighted by atomic mass is 10.2. The largest absolute Gasteiger partial charge is 0.488 e. The summed E-state index contributed by atoms with van der Waals surface area (Å²) in [5, 5.41) is 8.59. The third-order valence-corrected chi connectivity index (χ3v) is 2.04. The van der Waals surface area contributed by atoms with E-state index in [1.165, 1.54) is 0 Å². The quantitative estimate of drug-likeness (QED) is 0.616. The average Bonchev–Trinajstić information content (AvgIpc) is 2.26. The van der Waals surface area contributed by atoms with Crippen LogP contribution in [-0.4, -0.2) is 17.7 Å². The number of carboxylic acids is 1. The molecule has 1 aromatic carbocycles. The molecular formula is C12H12F2O3. The zero-order chi connectivity index (χ0) is 12.8. The van der Waals surface area contributed by atoms with Crippen LogP contribution >= 0.6 is 0 Å². The molecule has 0 aliphatic carbocycles. The highest BCUT2D eigenvalue weighted by Gasteiger charge is 2.15. The number of allylic oxidation sites excluding steroid dienone is 1. The van der Waals surface area contributed by atoms with Crippen LogP contribution in [0.25, 0.3) is 0 Å². The van der Waals surface area contributed by atoms with Crippen LogP contribution in [0.15, 0.2) is 24.8 Å². The average molecular weight is 242 g/mol. The number of ether oxygens (including phenoxy) is 1. The third kappa shape index (κ3) is 3.55. The number of hydrogen-bond donors (Lipinski definition) is 1. The van der Waals surface area contributed by atoms with Gasteiger partial charge in [-0.15, -0.1) is 6.58 Å². The van der Waals surface area contributed by atoms with Crippen molar-refractivity contribution in [1.82, 2.24) is 0 Å². The Morgan fingerprint density at radius 3 is 2.47 bits per heavy atom. The summed E-state index contributed by atoms with van der Waals surface area (Å²) >= 11 is 0. The molecule has 1 N–H and O–H groups in total. The van der Waals surface area contributed by atoms with Gasteiger partial charge in [0.2, 0.25) is 0 Å². The summed E-state index contributed by atoms with van der Waals surface area (Å²) in [4.78, 5) is 10.5. The Bertz CT molecular complexity index is 407. The van der Waals surface area contributed by atoms with Crippen LogP contribution in [0.3, 0.4) is 0 Å². The van der Waals surface area contributed by atoms with Crippen molar-refractivity contribution in [2.75, 3.05) is 6.61 Å². The summed E-state index contributed by atoms with van der Waals surface area (Å²) in [7, 11) is 0. The molecule has 0 aromatic heterocycles. The lowest BCUT2D eigenvalue weighted by Gasteiger charge is -2.08. The van der Waals surface area contributed by atoms with Crippen LogP contribution in [0.5, 0.6) is 5.75 Å². The molecule has 0 spiro atoms. The van der Waals surface area contributed by atoms with E-state index in [9.17, 15) is 13.6 Å². The van der Waals surface area contributed by atoms with E-state index < -0.39 is 28.9 Å². The van der Waals surface area contributed by atoms with Crippen molar-refractivity contribution in [3.8, 4) is 5.75 Å². The zero-order valence-electron chi connectivity index (χ0n) is 9.08. The molecule has 17 heavy (non-hydrogen) atoms. The van der Waals surface area contributed by atoms with Crippen molar-refractivity contribution in [2.24, 2.45) is 0 Å². The Balaban J connectivity index is 2.79. The molecule has 0 unspecified atom stereocenters. The molecule has 1 rings (SSSR count). The first-order valence-corrected chi connectivity index (χ1v) is 5.02.